The minimum atomic E-state index is -0.937. The van der Waals surface area contributed by atoms with Crippen LogP contribution in [0.1, 0.15) is 31.1 Å². The molecule has 3 amide bonds. The van der Waals surface area contributed by atoms with E-state index in [1.165, 1.54) is 0 Å². The van der Waals surface area contributed by atoms with Crippen molar-refractivity contribution in [2.24, 2.45) is 11.7 Å². The summed E-state index contributed by atoms with van der Waals surface area (Å²) in [5.41, 5.74) is 5.26. The normalized spacial score (nSPS) is 11.4. The monoisotopic (exact) mass is 379 g/mol. The Bertz CT molecular complexity index is 672. The van der Waals surface area contributed by atoms with Crippen LogP contribution in [0.4, 0.5) is 0 Å². The maximum Gasteiger partial charge on any atom is 0.329 e. The molecule has 0 radical (unpaired) electrons. The molecule has 9 nitrogen and oxygen atoms in total. The number of benzene rings is 1. The van der Waals surface area contributed by atoms with E-state index < -0.39 is 36.3 Å². The fraction of sp³-hybridized carbons (Fsp3) is 0.444. The van der Waals surface area contributed by atoms with Gasteiger partial charge in [-0.05, 0) is 37.1 Å². The number of amides is 3. The Morgan fingerprint density at radius 1 is 1.11 bits per heavy atom. The van der Waals surface area contributed by atoms with Gasteiger partial charge >= 0.3 is 5.97 Å². The Hall–Kier alpha value is -3.10. The van der Waals surface area contributed by atoms with Crippen LogP contribution in [0.5, 0.6) is 5.75 Å². The van der Waals surface area contributed by atoms with E-state index in [9.17, 15) is 19.2 Å². The highest BCUT2D eigenvalue weighted by atomic mass is 16.5. The van der Waals surface area contributed by atoms with E-state index in [4.69, 9.17) is 15.2 Å². The van der Waals surface area contributed by atoms with Gasteiger partial charge in [-0.1, -0.05) is 13.8 Å². The summed E-state index contributed by atoms with van der Waals surface area (Å²) in [4.78, 5) is 46.6. The first kappa shape index (κ1) is 21.9. The lowest BCUT2D eigenvalue weighted by Gasteiger charge is -2.20. The molecule has 0 aromatic heterocycles. The maximum absolute atomic E-state index is 12.4. The van der Waals surface area contributed by atoms with Crippen LogP contribution >= 0.6 is 0 Å². The van der Waals surface area contributed by atoms with Crippen molar-refractivity contribution >= 4 is 23.7 Å². The molecule has 0 fully saturated rings. The largest absolute Gasteiger partial charge is 0.494 e. The molecular weight excluding hydrogens is 354 g/mol. The van der Waals surface area contributed by atoms with E-state index in [0.717, 1.165) is 0 Å². The molecule has 1 rings (SSSR count). The van der Waals surface area contributed by atoms with E-state index >= 15 is 0 Å². The van der Waals surface area contributed by atoms with Crippen molar-refractivity contribution in [3.63, 3.8) is 0 Å². The smallest absolute Gasteiger partial charge is 0.329 e. The molecule has 0 spiro atoms. The summed E-state index contributed by atoms with van der Waals surface area (Å²) in [6.07, 6.45) is 0. The zero-order valence-corrected chi connectivity index (χ0v) is 15.6. The molecule has 0 saturated carbocycles. The summed E-state index contributed by atoms with van der Waals surface area (Å²) >= 11 is 0. The maximum atomic E-state index is 12.4. The third-order valence-corrected chi connectivity index (χ3v) is 3.44. The number of primary amides is 1. The second-order valence-corrected chi connectivity index (χ2v) is 6.00. The molecule has 9 heteroatoms. The summed E-state index contributed by atoms with van der Waals surface area (Å²) in [5.74, 6) is -2.21. The molecule has 1 atom stereocenters. The highest BCUT2D eigenvalue weighted by Crippen LogP contribution is 2.13. The van der Waals surface area contributed by atoms with Gasteiger partial charge in [0.05, 0.1) is 13.2 Å². The molecule has 0 aliphatic carbocycles. The van der Waals surface area contributed by atoms with Crippen molar-refractivity contribution < 1.29 is 28.7 Å². The lowest BCUT2D eigenvalue weighted by Crippen LogP contribution is -2.46. The zero-order chi connectivity index (χ0) is 20.4. The molecular formula is C18H25N3O6. The predicted molar refractivity (Wildman–Crippen MR) is 96.9 cm³/mol. The number of nitrogens with one attached hydrogen (secondary N) is 2. The number of rotatable bonds is 10. The summed E-state index contributed by atoms with van der Waals surface area (Å²) < 4.78 is 10.2. The predicted octanol–water partition coefficient (Wildman–Crippen LogP) is -0.0156. The lowest BCUT2D eigenvalue weighted by atomic mass is 10.0. The zero-order valence-electron chi connectivity index (χ0n) is 15.6. The summed E-state index contributed by atoms with van der Waals surface area (Å²) in [6, 6.07) is 5.54. The molecule has 4 N–H and O–H groups in total. The Balaban J connectivity index is 2.63. The van der Waals surface area contributed by atoms with Crippen molar-refractivity contribution in [3.8, 4) is 5.75 Å². The van der Waals surface area contributed by atoms with Crippen molar-refractivity contribution in [3.05, 3.63) is 29.8 Å². The van der Waals surface area contributed by atoms with Crippen LogP contribution in [0.2, 0.25) is 0 Å². The number of carbonyl (C=O) groups is 4. The van der Waals surface area contributed by atoms with E-state index in [1.807, 2.05) is 6.92 Å². The number of nitrogens with two attached hydrogens (primary N) is 1. The van der Waals surface area contributed by atoms with Crippen LogP contribution in [0.3, 0.4) is 0 Å². The quantitative estimate of drug-likeness (QED) is 0.489. The van der Waals surface area contributed by atoms with Gasteiger partial charge in [0.25, 0.3) is 11.8 Å². The minimum Gasteiger partial charge on any atom is -0.494 e. The highest BCUT2D eigenvalue weighted by molar-refractivity contribution is 5.97. The molecule has 1 aromatic carbocycles. The van der Waals surface area contributed by atoms with Gasteiger partial charge in [0.15, 0.2) is 6.61 Å². The van der Waals surface area contributed by atoms with Gasteiger partial charge in [0, 0.05) is 5.56 Å². The third-order valence-electron chi connectivity index (χ3n) is 3.44. The van der Waals surface area contributed by atoms with E-state index in [2.05, 4.69) is 10.6 Å². The standard InChI is InChI=1S/C18H25N3O6/c1-4-26-13-7-5-12(6-8-13)17(24)21-16(11(2)3)18(25)27-10-15(23)20-9-14(19)22/h5-8,11,16H,4,9-10H2,1-3H3,(H2,19,22)(H,20,23)(H,21,24)/t16-/m0/s1. The van der Waals surface area contributed by atoms with Crippen molar-refractivity contribution in [2.75, 3.05) is 19.8 Å². The average molecular weight is 379 g/mol. The Morgan fingerprint density at radius 3 is 2.26 bits per heavy atom. The number of ether oxygens (including phenoxy) is 2. The third kappa shape index (κ3) is 7.76. The molecule has 0 unspecified atom stereocenters. The first-order valence-electron chi connectivity index (χ1n) is 8.50. The molecule has 0 heterocycles. The number of esters is 1. The average Bonchev–Trinajstić information content (AvgIpc) is 2.62. The number of carbonyl (C=O) groups excluding carboxylic acids is 4. The molecule has 148 valence electrons. The van der Waals surface area contributed by atoms with Crippen LogP contribution in [0.25, 0.3) is 0 Å². The molecule has 27 heavy (non-hydrogen) atoms. The van der Waals surface area contributed by atoms with Gasteiger partial charge < -0.3 is 25.8 Å². The first-order valence-corrected chi connectivity index (χ1v) is 8.50. The van der Waals surface area contributed by atoms with Crippen LogP contribution in [0, 0.1) is 5.92 Å². The number of hydrogen-bond acceptors (Lipinski definition) is 6. The number of hydrogen-bond donors (Lipinski definition) is 3. The summed E-state index contributed by atoms with van der Waals surface area (Å²) in [7, 11) is 0. The molecule has 0 bridgehead atoms. The van der Waals surface area contributed by atoms with Crippen LogP contribution in [-0.4, -0.2) is 49.5 Å². The van der Waals surface area contributed by atoms with Gasteiger partial charge in [-0.3, -0.25) is 14.4 Å². The molecule has 1 aromatic rings. The van der Waals surface area contributed by atoms with Crippen molar-refractivity contribution in [2.45, 2.75) is 26.8 Å². The SMILES string of the molecule is CCOc1ccc(C(=O)N[C@H](C(=O)OCC(=O)NCC(N)=O)C(C)C)cc1. The van der Waals surface area contributed by atoms with E-state index in [0.29, 0.717) is 17.9 Å². The van der Waals surface area contributed by atoms with Crippen LogP contribution in [0.15, 0.2) is 24.3 Å². The van der Waals surface area contributed by atoms with Gasteiger partial charge in [0.2, 0.25) is 5.91 Å². The van der Waals surface area contributed by atoms with Gasteiger partial charge in [-0.2, -0.15) is 0 Å². The first-order chi connectivity index (χ1) is 12.7. The molecule has 0 aliphatic rings. The Kier molecular flexibility index (Phi) is 8.77. The fourth-order valence-corrected chi connectivity index (χ4v) is 2.05. The molecule has 0 saturated heterocycles. The van der Waals surface area contributed by atoms with Crippen molar-refractivity contribution in [1.82, 2.24) is 10.6 Å². The van der Waals surface area contributed by atoms with Gasteiger partial charge in [0.1, 0.15) is 11.8 Å². The van der Waals surface area contributed by atoms with E-state index in [1.54, 1.807) is 38.1 Å². The van der Waals surface area contributed by atoms with Gasteiger partial charge in [-0.25, -0.2) is 4.79 Å². The lowest BCUT2D eigenvalue weighted by molar-refractivity contribution is -0.151. The van der Waals surface area contributed by atoms with Crippen LogP contribution < -0.4 is 21.1 Å². The van der Waals surface area contributed by atoms with Gasteiger partial charge in [-0.15, -0.1) is 0 Å². The summed E-state index contributed by atoms with van der Waals surface area (Å²) in [5, 5.41) is 4.80. The topological polar surface area (TPSA) is 137 Å². The van der Waals surface area contributed by atoms with Crippen molar-refractivity contribution in [1.29, 1.82) is 0 Å². The summed E-state index contributed by atoms with van der Waals surface area (Å²) in [6.45, 7) is 4.91. The van der Waals surface area contributed by atoms with Crippen LogP contribution in [-0.2, 0) is 19.1 Å². The Morgan fingerprint density at radius 2 is 1.74 bits per heavy atom. The highest BCUT2D eigenvalue weighted by Gasteiger charge is 2.26. The Labute approximate surface area is 157 Å². The second kappa shape index (κ2) is 10.8. The second-order valence-electron chi connectivity index (χ2n) is 6.00. The fourth-order valence-electron chi connectivity index (χ4n) is 2.05. The minimum absolute atomic E-state index is 0.266. The molecule has 0 aliphatic heterocycles. The van der Waals surface area contributed by atoms with E-state index in [-0.39, 0.29) is 12.5 Å².